The Morgan fingerprint density at radius 1 is 1.16 bits per heavy atom. The van der Waals surface area contributed by atoms with Crippen LogP contribution in [0.2, 0.25) is 0 Å². The van der Waals surface area contributed by atoms with Crippen molar-refractivity contribution in [3.63, 3.8) is 0 Å². The lowest BCUT2D eigenvalue weighted by molar-refractivity contribution is -0.128. The highest BCUT2D eigenvalue weighted by Crippen LogP contribution is 2.43. The number of rotatable bonds is 2. The lowest BCUT2D eigenvalue weighted by Gasteiger charge is -2.52. The predicted octanol–water partition coefficient (Wildman–Crippen LogP) is 2.14. The summed E-state index contributed by atoms with van der Waals surface area (Å²) in [5, 5.41) is 0. The predicted molar refractivity (Wildman–Crippen MR) is 115 cm³/mol. The topological polar surface area (TPSA) is 96.5 Å². The van der Waals surface area contributed by atoms with Crippen molar-refractivity contribution in [2.45, 2.75) is 31.3 Å². The van der Waals surface area contributed by atoms with Crippen LogP contribution in [0.1, 0.15) is 19.8 Å². The maximum Gasteiger partial charge on any atom is 0.255 e. The van der Waals surface area contributed by atoms with Crippen molar-refractivity contribution in [3.8, 4) is 11.4 Å². The van der Waals surface area contributed by atoms with Crippen LogP contribution in [-0.4, -0.2) is 70.4 Å². The number of ether oxygens (including phenoxy) is 2. The first-order chi connectivity index (χ1) is 15.1. The number of aromatic amines is 1. The zero-order chi connectivity index (χ0) is 21.0. The molecule has 0 aliphatic carbocycles. The molecule has 2 saturated heterocycles. The quantitative estimate of drug-likeness (QED) is 0.678. The van der Waals surface area contributed by atoms with Gasteiger partial charge in [0.2, 0.25) is 0 Å². The molecule has 3 aromatic rings. The summed E-state index contributed by atoms with van der Waals surface area (Å²) in [4.78, 5) is 35.0. The number of aromatic nitrogens is 4. The zero-order valence-corrected chi connectivity index (χ0v) is 17.4. The van der Waals surface area contributed by atoms with Gasteiger partial charge in [-0.1, -0.05) is 0 Å². The average Bonchev–Trinajstić information content (AvgIpc) is 3.28. The van der Waals surface area contributed by atoms with E-state index in [1.54, 1.807) is 12.4 Å². The number of hydrogen-bond donors (Lipinski definition) is 1. The van der Waals surface area contributed by atoms with Crippen LogP contribution in [0.3, 0.4) is 0 Å². The SMILES string of the molecule is C[C@@]12COCCN1c1nc(-c3cnc4cc[nH]c4c3)ncc1N(C1CCOCC1)C2=O. The first kappa shape index (κ1) is 18.7. The number of H-pyrrole nitrogens is 1. The van der Waals surface area contributed by atoms with Gasteiger partial charge in [0, 0.05) is 43.8 Å². The number of pyridine rings is 1. The Bertz CT molecular complexity index is 1160. The van der Waals surface area contributed by atoms with Crippen molar-refractivity contribution in [1.29, 1.82) is 0 Å². The van der Waals surface area contributed by atoms with Gasteiger partial charge in [-0.05, 0) is 31.9 Å². The number of anilines is 2. The Morgan fingerprint density at radius 2 is 2.03 bits per heavy atom. The van der Waals surface area contributed by atoms with E-state index in [1.807, 2.05) is 30.2 Å². The third kappa shape index (κ3) is 2.84. The van der Waals surface area contributed by atoms with E-state index in [0.29, 0.717) is 38.8 Å². The van der Waals surface area contributed by atoms with E-state index in [9.17, 15) is 4.79 Å². The largest absolute Gasteiger partial charge is 0.381 e. The Labute approximate surface area is 179 Å². The molecule has 160 valence electrons. The molecular weight excluding hydrogens is 396 g/mol. The zero-order valence-electron chi connectivity index (χ0n) is 17.4. The second-order valence-electron chi connectivity index (χ2n) is 8.53. The van der Waals surface area contributed by atoms with Crippen LogP contribution in [0, 0.1) is 0 Å². The van der Waals surface area contributed by atoms with Gasteiger partial charge in [0.25, 0.3) is 5.91 Å². The number of carbonyl (C=O) groups is 1. The van der Waals surface area contributed by atoms with Crippen molar-refractivity contribution in [1.82, 2.24) is 19.9 Å². The van der Waals surface area contributed by atoms with E-state index in [1.165, 1.54) is 0 Å². The van der Waals surface area contributed by atoms with Gasteiger partial charge in [-0.15, -0.1) is 0 Å². The van der Waals surface area contributed by atoms with Crippen molar-refractivity contribution in [2.75, 3.05) is 42.8 Å². The molecule has 0 unspecified atom stereocenters. The van der Waals surface area contributed by atoms with Gasteiger partial charge in [-0.3, -0.25) is 9.78 Å². The second kappa shape index (κ2) is 7.00. The van der Waals surface area contributed by atoms with E-state index < -0.39 is 5.54 Å². The van der Waals surface area contributed by atoms with Crippen molar-refractivity contribution in [3.05, 3.63) is 30.7 Å². The summed E-state index contributed by atoms with van der Waals surface area (Å²) < 4.78 is 11.3. The maximum atomic E-state index is 13.7. The molecule has 1 N–H and O–H groups in total. The lowest BCUT2D eigenvalue weighted by Crippen LogP contribution is -2.69. The summed E-state index contributed by atoms with van der Waals surface area (Å²) in [6.45, 7) is 4.79. The minimum Gasteiger partial charge on any atom is -0.381 e. The number of nitrogens with one attached hydrogen (secondary N) is 1. The number of carbonyl (C=O) groups excluding carboxylic acids is 1. The first-order valence-corrected chi connectivity index (χ1v) is 10.7. The van der Waals surface area contributed by atoms with Gasteiger partial charge in [-0.2, -0.15) is 0 Å². The fourth-order valence-electron chi connectivity index (χ4n) is 4.87. The van der Waals surface area contributed by atoms with Crippen molar-refractivity contribution < 1.29 is 14.3 Å². The number of hydrogen-bond acceptors (Lipinski definition) is 7. The highest BCUT2D eigenvalue weighted by Gasteiger charge is 2.52. The monoisotopic (exact) mass is 420 g/mol. The minimum atomic E-state index is -0.781. The van der Waals surface area contributed by atoms with E-state index in [0.717, 1.165) is 40.9 Å². The molecule has 3 aliphatic heterocycles. The minimum absolute atomic E-state index is 0.0532. The fraction of sp³-hybridized carbons (Fsp3) is 0.455. The Balaban J connectivity index is 1.49. The van der Waals surface area contributed by atoms with Crippen LogP contribution in [0.15, 0.2) is 30.7 Å². The first-order valence-electron chi connectivity index (χ1n) is 10.7. The molecule has 2 fully saturated rings. The summed E-state index contributed by atoms with van der Waals surface area (Å²) >= 11 is 0. The van der Waals surface area contributed by atoms with Gasteiger partial charge < -0.3 is 24.3 Å². The van der Waals surface area contributed by atoms with Crippen molar-refractivity contribution >= 4 is 28.4 Å². The molecule has 31 heavy (non-hydrogen) atoms. The molecule has 9 nitrogen and oxygen atoms in total. The molecule has 0 radical (unpaired) electrons. The Morgan fingerprint density at radius 3 is 2.90 bits per heavy atom. The van der Waals surface area contributed by atoms with Crippen molar-refractivity contribution in [2.24, 2.45) is 0 Å². The summed E-state index contributed by atoms with van der Waals surface area (Å²) in [5.41, 5.74) is 2.67. The number of fused-ring (bicyclic) bond motifs is 4. The number of amides is 1. The summed E-state index contributed by atoms with van der Waals surface area (Å²) in [6.07, 6.45) is 7.06. The molecule has 1 atom stereocenters. The van der Waals surface area contributed by atoms with Crippen LogP contribution in [-0.2, 0) is 14.3 Å². The molecule has 0 bridgehead atoms. The molecule has 3 aliphatic rings. The van der Waals surface area contributed by atoms with E-state index in [-0.39, 0.29) is 11.9 Å². The normalized spacial score (nSPS) is 24.4. The lowest BCUT2D eigenvalue weighted by atomic mass is 9.91. The molecule has 0 saturated carbocycles. The van der Waals surface area contributed by atoms with E-state index >= 15 is 0 Å². The number of nitrogens with zero attached hydrogens (tertiary/aromatic N) is 5. The molecule has 0 aromatic carbocycles. The highest BCUT2D eigenvalue weighted by molar-refractivity contribution is 6.08. The summed E-state index contributed by atoms with van der Waals surface area (Å²) in [7, 11) is 0. The van der Waals surface area contributed by atoms with Crippen LogP contribution in [0.5, 0.6) is 0 Å². The Kier molecular flexibility index (Phi) is 4.22. The molecule has 1 amide bonds. The van der Waals surface area contributed by atoms with Gasteiger partial charge in [0.05, 0.1) is 30.4 Å². The van der Waals surface area contributed by atoms with Crippen LogP contribution in [0.4, 0.5) is 11.5 Å². The molecule has 6 heterocycles. The highest BCUT2D eigenvalue weighted by atomic mass is 16.5. The van der Waals surface area contributed by atoms with Gasteiger partial charge >= 0.3 is 0 Å². The van der Waals surface area contributed by atoms with Gasteiger partial charge in [0.1, 0.15) is 11.2 Å². The summed E-state index contributed by atoms with van der Waals surface area (Å²) in [6, 6.07) is 4.02. The number of morpholine rings is 1. The fourth-order valence-corrected chi connectivity index (χ4v) is 4.87. The van der Waals surface area contributed by atoms with Gasteiger partial charge in [-0.25, -0.2) is 9.97 Å². The summed E-state index contributed by atoms with van der Waals surface area (Å²) in [5.74, 6) is 1.43. The van der Waals surface area contributed by atoms with E-state index in [2.05, 4.69) is 19.9 Å². The third-order valence-electron chi connectivity index (χ3n) is 6.60. The maximum absolute atomic E-state index is 13.7. The Hall–Kier alpha value is -3.04. The average molecular weight is 420 g/mol. The van der Waals surface area contributed by atoms with E-state index in [4.69, 9.17) is 14.5 Å². The second-order valence-corrected chi connectivity index (χ2v) is 8.53. The molecule has 3 aromatic heterocycles. The smallest absolute Gasteiger partial charge is 0.255 e. The molecule has 0 spiro atoms. The van der Waals surface area contributed by atoms with Gasteiger partial charge in [0.15, 0.2) is 11.6 Å². The van der Waals surface area contributed by atoms with Crippen LogP contribution < -0.4 is 9.80 Å². The molecular formula is C22H24N6O3. The standard InChI is InChI=1S/C22H24N6O3/c1-22-13-31-9-6-27(22)20-18(28(21(22)29)15-3-7-30-8-4-15)12-25-19(26-20)14-10-17-16(24-11-14)2-5-23-17/h2,5,10-12,15,23H,3-4,6-9,13H2,1H3/t22-/m0/s1. The molecule has 6 rings (SSSR count). The third-order valence-corrected chi connectivity index (χ3v) is 6.60. The van der Waals surface area contributed by atoms with Crippen LogP contribution in [0.25, 0.3) is 22.4 Å². The molecule has 9 heteroatoms. The van der Waals surface area contributed by atoms with Crippen LogP contribution >= 0.6 is 0 Å².